The van der Waals surface area contributed by atoms with Gasteiger partial charge in [-0.1, -0.05) is 0 Å². The fourth-order valence-electron chi connectivity index (χ4n) is 0.706. The Hall–Kier alpha value is -0.540. The molecule has 1 aliphatic heterocycles. The Morgan fingerprint density at radius 3 is 3.11 bits per heavy atom. The molecule has 0 unspecified atom stereocenters. The van der Waals surface area contributed by atoms with Gasteiger partial charge in [0.25, 0.3) is 0 Å². The third-order valence-electron chi connectivity index (χ3n) is 1.07. The minimum absolute atomic E-state index is 0.511. The van der Waals surface area contributed by atoms with Crippen molar-refractivity contribution in [2.24, 2.45) is 0 Å². The van der Waals surface area contributed by atoms with Gasteiger partial charge in [-0.05, 0) is 12.5 Å². The summed E-state index contributed by atoms with van der Waals surface area (Å²) in [7, 11) is 1.94. The summed E-state index contributed by atoms with van der Waals surface area (Å²) in [6.45, 7) is 3.09. The molecule has 3 heteroatoms. The molecule has 0 atom stereocenters. The highest BCUT2D eigenvalue weighted by Gasteiger charge is 2.00. The summed E-state index contributed by atoms with van der Waals surface area (Å²) < 4.78 is 0. The molecule has 0 saturated heterocycles. The van der Waals surface area contributed by atoms with Gasteiger partial charge in [0, 0.05) is 13.2 Å². The van der Waals surface area contributed by atoms with Crippen molar-refractivity contribution < 1.29 is 9.78 Å². The lowest BCUT2D eigenvalue weighted by molar-refractivity contribution is -0.299. The van der Waals surface area contributed by atoms with E-state index in [9.17, 15) is 0 Å². The van der Waals surface area contributed by atoms with Crippen LogP contribution in [0.2, 0.25) is 0 Å². The Kier molecular flexibility index (Phi) is 2.08. The molecule has 1 heterocycles. The molecule has 1 rings (SSSR count). The Morgan fingerprint density at radius 1 is 1.56 bits per heavy atom. The van der Waals surface area contributed by atoms with E-state index in [1.807, 2.05) is 25.1 Å². The molecule has 52 valence electrons. The molecule has 0 bridgehead atoms. The molecule has 1 aliphatic rings. The SMILES string of the molecule is CC1=CN(C)COOC1. The summed E-state index contributed by atoms with van der Waals surface area (Å²) in [5, 5.41) is 0. The van der Waals surface area contributed by atoms with Crippen LogP contribution in [0.25, 0.3) is 0 Å². The van der Waals surface area contributed by atoms with Gasteiger partial charge in [-0.25, -0.2) is 9.78 Å². The summed E-state index contributed by atoms with van der Waals surface area (Å²) in [6.07, 6.45) is 2.01. The van der Waals surface area contributed by atoms with E-state index in [2.05, 4.69) is 0 Å². The summed E-state index contributed by atoms with van der Waals surface area (Å²) in [5.74, 6) is 0. The maximum Gasteiger partial charge on any atom is 0.153 e. The second kappa shape index (κ2) is 2.85. The zero-order valence-electron chi connectivity index (χ0n) is 5.76. The predicted molar refractivity (Wildman–Crippen MR) is 33.4 cm³/mol. The van der Waals surface area contributed by atoms with E-state index in [0.717, 1.165) is 0 Å². The third kappa shape index (κ3) is 2.03. The fourth-order valence-corrected chi connectivity index (χ4v) is 0.706. The Labute approximate surface area is 54.8 Å². The molecular formula is C6H11NO2. The summed E-state index contributed by atoms with van der Waals surface area (Å²) in [4.78, 5) is 11.5. The predicted octanol–water partition coefficient (Wildman–Crippen LogP) is 0.741. The Morgan fingerprint density at radius 2 is 2.33 bits per heavy atom. The van der Waals surface area contributed by atoms with Gasteiger partial charge in [-0.2, -0.15) is 0 Å². The van der Waals surface area contributed by atoms with Crippen LogP contribution in [0.4, 0.5) is 0 Å². The largest absolute Gasteiger partial charge is 0.355 e. The van der Waals surface area contributed by atoms with Gasteiger partial charge in [0.15, 0.2) is 6.73 Å². The molecule has 0 aromatic carbocycles. The quantitative estimate of drug-likeness (QED) is 0.450. The summed E-state index contributed by atoms with van der Waals surface area (Å²) >= 11 is 0. The highest BCUT2D eigenvalue weighted by molar-refractivity contribution is 4.96. The standard InChI is InChI=1S/C6H11NO2/c1-6-3-7(2)5-9-8-4-6/h3H,4-5H2,1-2H3. The molecule has 3 nitrogen and oxygen atoms in total. The van der Waals surface area contributed by atoms with Crippen molar-refractivity contribution in [3.05, 3.63) is 11.8 Å². The van der Waals surface area contributed by atoms with Crippen molar-refractivity contribution in [2.45, 2.75) is 6.92 Å². The zero-order chi connectivity index (χ0) is 6.69. The van der Waals surface area contributed by atoms with E-state index in [-0.39, 0.29) is 0 Å². The molecule has 0 aliphatic carbocycles. The minimum atomic E-state index is 0.511. The monoisotopic (exact) mass is 129 g/mol. The van der Waals surface area contributed by atoms with Gasteiger partial charge in [-0.3, -0.25) is 0 Å². The van der Waals surface area contributed by atoms with Gasteiger partial charge >= 0.3 is 0 Å². The van der Waals surface area contributed by atoms with Crippen molar-refractivity contribution in [1.29, 1.82) is 0 Å². The molecule has 0 saturated carbocycles. The number of nitrogens with zero attached hydrogens (tertiary/aromatic N) is 1. The van der Waals surface area contributed by atoms with E-state index in [4.69, 9.17) is 9.78 Å². The second-order valence-corrected chi connectivity index (χ2v) is 2.24. The second-order valence-electron chi connectivity index (χ2n) is 2.24. The van der Waals surface area contributed by atoms with Crippen LogP contribution < -0.4 is 0 Å². The molecular weight excluding hydrogens is 118 g/mol. The molecule has 9 heavy (non-hydrogen) atoms. The molecule has 0 aromatic rings. The summed E-state index contributed by atoms with van der Waals surface area (Å²) in [5.41, 5.74) is 1.18. The van der Waals surface area contributed by atoms with Gasteiger partial charge in [0.1, 0.15) is 6.61 Å². The lowest BCUT2D eigenvalue weighted by Gasteiger charge is -2.08. The minimum Gasteiger partial charge on any atom is -0.355 e. The van der Waals surface area contributed by atoms with Crippen LogP contribution in [0.3, 0.4) is 0 Å². The number of hydrogen-bond acceptors (Lipinski definition) is 3. The van der Waals surface area contributed by atoms with Crippen LogP contribution in [0.5, 0.6) is 0 Å². The van der Waals surface area contributed by atoms with Crippen LogP contribution in [-0.2, 0) is 9.78 Å². The first-order chi connectivity index (χ1) is 4.29. The fraction of sp³-hybridized carbons (Fsp3) is 0.667. The van der Waals surface area contributed by atoms with Crippen molar-refractivity contribution >= 4 is 0 Å². The third-order valence-corrected chi connectivity index (χ3v) is 1.07. The molecule has 0 N–H and O–H groups in total. The lowest BCUT2D eigenvalue weighted by atomic mass is 10.3. The molecule has 0 aromatic heterocycles. The first-order valence-corrected chi connectivity index (χ1v) is 2.91. The molecule has 0 spiro atoms. The molecule has 0 radical (unpaired) electrons. The van der Waals surface area contributed by atoms with Crippen LogP contribution >= 0.6 is 0 Å². The van der Waals surface area contributed by atoms with Crippen LogP contribution in [-0.4, -0.2) is 25.3 Å². The van der Waals surface area contributed by atoms with Gasteiger partial charge in [0.05, 0.1) is 0 Å². The van der Waals surface area contributed by atoms with E-state index >= 15 is 0 Å². The van der Waals surface area contributed by atoms with Gasteiger partial charge in [0.2, 0.25) is 0 Å². The lowest BCUT2D eigenvalue weighted by Crippen LogP contribution is -2.12. The first-order valence-electron chi connectivity index (χ1n) is 2.91. The van der Waals surface area contributed by atoms with Crippen molar-refractivity contribution in [2.75, 3.05) is 20.4 Å². The smallest absolute Gasteiger partial charge is 0.153 e. The van der Waals surface area contributed by atoms with Crippen LogP contribution in [0.1, 0.15) is 6.92 Å². The van der Waals surface area contributed by atoms with Gasteiger partial charge in [-0.15, -0.1) is 0 Å². The topological polar surface area (TPSA) is 21.7 Å². The highest BCUT2D eigenvalue weighted by atomic mass is 17.2. The van der Waals surface area contributed by atoms with Gasteiger partial charge < -0.3 is 4.90 Å². The van der Waals surface area contributed by atoms with Crippen molar-refractivity contribution in [3.63, 3.8) is 0 Å². The Balaban J connectivity index is 2.49. The maximum atomic E-state index is 4.77. The maximum absolute atomic E-state index is 4.77. The number of rotatable bonds is 0. The first kappa shape index (κ1) is 6.58. The average molecular weight is 129 g/mol. The van der Waals surface area contributed by atoms with E-state index in [0.29, 0.717) is 13.3 Å². The normalized spacial score (nSPS) is 21.1. The Bertz CT molecular complexity index is 122. The van der Waals surface area contributed by atoms with E-state index in [1.165, 1.54) is 5.57 Å². The van der Waals surface area contributed by atoms with Crippen LogP contribution in [0, 0.1) is 0 Å². The molecule has 0 fully saturated rings. The highest BCUT2D eigenvalue weighted by Crippen LogP contribution is 2.01. The van der Waals surface area contributed by atoms with Crippen molar-refractivity contribution in [3.8, 4) is 0 Å². The zero-order valence-corrected chi connectivity index (χ0v) is 5.76. The van der Waals surface area contributed by atoms with Crippen LogP contribution in [0.15, 0.2) is 11.8 Å². The van der Waals surface area contributed by atoms with E-state index < -0.39 is 0 Å². The van der Waals surface area contributed by atoms with Crippen molar-refractivity contribution in [1.82, 2.24) is 4.90 Å². The van der Waals surface area contributed by atoms with E-state index in [1.54, 1.807) is 0 Å². The molecule has 0 amide bonds. The summed E-state index contributed by atoms with van der Waals surface area (Å²) in [6, 6.07) is 0. The average Bonchev–Trinajstić information content (AvgIpc) is 1.93. The number of hydrogen-bond donors (Lipinski definition) is 0.